The fourth-order valence-corrected chi connectivity index (χ4v) is 5.30. The summed E-state index contributed by atoms with van der Waals surface area (Å²) in [5, 5.41) is 7.72. The predicted octanol–water partition coefficient (Wildman–Crippen LogP) is 6.14. The number of carbonyl (C=O) groups excluding carboxylic acids is 1. The lowest BCUT2D eigenvalue weighted by Crippen LogP contribution is -2.32. The van der Waals surface area contributed by atoms with Crippen molar-refractivity contribution < 1.29 is 9.21 Å². The normalized spacial score (nSPS) is 17.1. The zero-order chi connectivity index (χ0) is 24.9. The van der Waals surface area contributed by atoms with Gasteiger partial charge in [-0.1, -0.05) is 53.7 Å². The van der Waals surface area contributed by atoms with Crippen molar-refractivity contribution in [1.29, 1.82) is 0 Å². The van der Waals surface area contributed by atoms with Gasteiger partial charge in [-0.25, -0.2) is 0 Å². The summed E-state index contributed by atoms with van der Waals surface area (Å²) in [4.78, 5) is 20.4. The molecule has 0 spiro atoms. The van der Waals surface area contributed by atoms with Gasteiger partial charge in [0.25, 0.3) is 0 Å². The Morgan fingerprint density at radius 2 is 1.83 bits per heavy atom. The number of para-hydroxylation sites is 1. The van der Waals surface area contributed by atoms with Crippen LogP contribution >= 0.6 is 24.0 Å². The van der Waals surface area contributed by atoms with Crippen molar-refractivity contribution in [1.82, 2.24) is 15.2 Å². The van der Waals surface area contributed by atoms with Gasteiger partial charge >= 0.3 is 0 Å². The highest BCUT2D eigenvalue weighted by atomic mass is 32.2. The van der Waals surface area contributed by atoms with Crippen LogP contribution in [0.25, 0.3) is 0 Å². The first kappa shape index (κ1) is 24.1. The number of aromatic nitrogens is 1. The Balaban J connectivity index is 1.36. The lowest BCUT2D eigenvalue weighted by Gasteiger charge is -2.25. The van der Waals surface area contributed by atoms with Gasteiger partial charge in [-0.2, -0.15) is 0 Å². The number of carbonyl (C=O) groups is 1. The van der Waals surface area contributed by atoms with Gasteiger partial charge in [0.15, 0.2) is 10.2 Å². The van der Waals surface area contributed by atoms with E-state index in [1.807, 2.05) is 65.6 Å². The maximum Gasteiger partial charge on any atom is 0.226 e. The molecule has 2 atom stereocenters. The fourth-order valence-electron chi connectivity index (χ4n) is 4.19. The number of anilines is 1. The van der Waals surface area contributed by atoms with Crippen molar-refractivity contribution in [2.24, 2.45) is 0 Å². The van der Waals surface area contributed by atoms with Gasteiger partial charge in [0.05, 0.1) is 11.7 Å². The maximum atomic E-state index is 12.7. The first-order chi connectivity index (χ1) is 17.6. The number of pyridine rings is 1. The topological polar surface area (TPSA) is 70.4 Å². The molecule has 1 aliphatic heterocycles. The van der Waals surface area contributed by atoms with Crippen LogP contribution in [0.1, 0.15) is 35.5 Å². The third kappa shape index (κ3) is 5.61. The Bertz CT molecular complexity index is 1330. The molecule has 0 aliphatic carbocycles. The maximum absolute atomic E-state index is 12.7. The number of furan rings is 1. The van der Waals surface area contributed by atoms with Crippen LogP contribution in [0, 0.1) is 6.92 Å². The molecule has 1 amide bonds. The van der Waals surface area contributed by atoms with Gasteiger partial charge in [0.2, 0.25) is 5.91 Å². The summed E-state index contributed by atoms with van der Waals surface area (Å²) in [6.07, 6.45) is 2.06. The molecule has 1 aliphatic rings. The summed E-state index contributed by atoms with van der Waals surface area (Å²) in [6.45, 7) is 2.52. The van der Waals surface area contributed by atoms with Gasteiger partial charge in [-0.05, 0) is 67.7 Å². The Hall–Kier alpha value is -3.62. The molecule has 2 aromatic carbocycles. The van der Waals surface area contributed by atoms with Crippen LogP contribution in [0.5, 0.6) is 0 Å². The van der Waals surface area contributed by atoms with E-state index >= 15 is 0 Å². The number of aryl methyl sites for hydroxylation is 1. The van der Waals surface area contributed by atoms with Crippen LogP contribution in [0.4, 0.5) is 5.69 Å². The van der Waals surface area contributed by atoms with Gasteiger partial charge < -0.3 is 20.0 Å². The highest BCUT2D eigenvalue weighted by Gasteiger charge is 2.41. The Morgan fingerprint density at radius 1 is 1.06 bits per heavy atom. The molecule has 4 aromatic rings. The van der Waals surface area contributed by atoms with E-state index in [2.05, 4.69) is 46.8 Å². The van der Waals surface area contributed by atoms with E-state index in [1.54, 1.807) is 18.0 Å². The molecule has 0 saturated carbocycles. The summed E-state index contributed by atoms with van der Waals surface area (Å²) < 4.78 is 6.33. The summed E-state index contributed by atoms with van der Waals surface area (Å²) in [5.74, 6) is 0.704. The number of benzene rings is 2. The van der Waals surface area contributed by atoms with E-state index in [-0.39, 0.29) is 24.4 Å². The number of nitrogens with zero attached hydrogens (tertiary/aromatic N) is 2. The van der Waals surface area contributed by atoms with E-state index in [9.17, 15) is 4.79 Å². The zero-order valence-electron chi connectivity index (χ0n) is 19.8. The molecule has 0 bridgehead atoms. The van der Waals surface area contributed by atoms with Gasteiger partial charge in [-0.3, -0.25) is 9.78 Å². The summed E-state index contributed by atoms with van der Waals surface area (Å²) in [5.41, 5.74) is 2.86. The van der Waals surface area contributed by atoms with Crippen molar-refractivity contribution in [3.05, 3.63) is 108 Å². The second-order valence-corrected chi connectivity index (χ2v) is 10.0. The molecule has 3 heterocycles. The van der Waals surface area contributed by atoms with Gasteiger partial charge in [-0.15, -0.1) is 0 Å². The van der Waals surface area contributed by atoms with Crippen LogP contribution in [-0.2, 0) is 4.79 Å². The molecule has 1 fully saturated rings. The van der Waals surface area contributed by atoms with E-state index < -0.39 is 0 Å². The van der Waals surface area contributed by atoms with Crippen molar-refractivity contribution >= 4 is 40.7 Å². The van der Waals surface area contributed by atoms with Gasteiger partial charge in [0, 0.05) is 29.7 Å². The van der Waals surface area contributed by atoms with Gasteiger partial charge in [0.1, 0.15) is 11.8 Å². The minimum Gasteiger partial charge on any atom is -0.452 e. The molecule has 0 unspecified atom stereocenters. The van der Waals surface area contributed by atoms with Crippen molar-refractivity contribution in [3.8, 4) is 0 Å². The van der Waals surface area contributed by atoms with E-state index in [4.69, 9.17) is 16.6 Å². The van der Waals surface area contributed by atoms with Crippen molar-refractivity contribution in [3.63, 3.8) is 0 Å². The number of hydrogen-bond donors (Lipinski definition) is 2. The molecule has 0 radical (unpaired) electrons. The van der Waals surface area contributed by atoms with Crippen LogP contribution in [0.15, 0.2) is 106 Å². The minimum atomic E-state index is -0.232. The first-order valence-corrected chi connectivity index (χ1v) is 13.0. The molecule has 1 saturated heterocycles. The average molecular weight is 515 g/mol. The van der Waals surface area contributed by atoms with E-state index in [0.717, 1.165) is 27.1 Å². The molecule has 182 valence electrons. The standard InChI is InChI=1S/C28H26N4O2S2/c1-19-10-12-21(13-11-19)36-25-15-14-23(34-25)27-26(22-9-5-6-17-29-22)31-28(35)32(27)18-16-24(33)30-20-7-3-2-4-8-20/h2-15,17,26-27H,16,18H2,1H3,(H,30,33)(H,31,35)/t26-,27-/m1/s1. The minimum absolute atomic E-state index is 0.0703. The van der Waals surface area contributed by atoms with Crippen molar-refractivity contribution in [2.45, 2.75) is 35.4 Å². The molecule has 8 heteroatoms. The highest BCUT2D eigenvalue weighted by molar-refractivity contribution is 7.99. The summed E-state index contributed by atoms with van der Waals surface area (Å²) >= 11 is 7.28. The molecular formula is C28H26N4O2S2. The van der Waals surface area contributed by atoms with E-state index in [0.29, 0.717) is 11.7 Å². The third-order valence-electron chi connectivity index (χ3n) is 5.97. The molecule has 6 nitrogen and oxygen atoms in total. The Kier molecular flexibility index (Phi) is 7.34. The number of nitrogens with one attached hydrogen (secondary N) is 2. The number of amides is 1. The van der Waals surface area contributed by atoms with Crippen LogP contribution in [0.2, 0.25) is 0 Å². The van der Waals surface area contributed by atoms with Crippen LogP contribution in [0.3, 0.4) is 0 Å². The monoisotopic (exact) mass is 514 g/mol. The second-order valence-electron chi connectivity index (χ2n) is 8.56. The van der Waals surface area contributed by atoms with Crippen molar-refractivity contribution in [2.75, 3.05) is 11.9 Å². The number of rotatable bonds is 8. The lowest BCUT2D eigenvalue weighted by molar-refractivity contribution is -0.116. The molecular weight excluding hydrogens is 488 g/mol. The molecule has 36 heavy (non-hydrogen) atoms. The highest BCUT2D eigenvalue weighted by Crippen LogP contribution is 2.41. The quantitative estimate of drug-likeness (QED) is 0.274. The number of hydrogen-bond acceptors (Lipinski definition) is 5. The second kappa shape index (κ2) is 11.0. The van der Waals surface area contributed by atoms with Crippen LogP contribution < -0.4 is 10.6 Å². The summed E-state index contributed by atoms with van der Waals surface area (Å²) in [6, 6.07) is 27.2. The summed E-state index contributed by atoms with van der Waals surface area (Å²) in [7, 11) is 0. The number of thiocarbonyl (C=S) groups is 1. The smallest absolute Gasteiger partial charge is 0.226 e. The first-order valence-electron chi connectivity index (χ1n) is 11.7. The SMILES string of the molecule is Cc1ccc(Sc2ccc([C@@H]3[C@@H](c4ccccn4)NC(=S)N3CCC(=O)Nc3ccccc3)o2)cc1. The van der Waals surface area contributed by atoms with E-state index in [1.165, 1.54) is 5.56 Å². The fraction of sp³-hybridized carbons (Fsp3) is 0.179. The Morgan fingerprint density at radius 3 is 2.58 bits per heavy atom. The molecule has 5 rings (SSSR count). The third-order valence-corrected chi connectivity index (χ3v) is 7.25. The molecule has 2 aromatic heterocycles. The van der Waals surface area contributed by atoms with Crippen LogP contribution in [-0.4, -0.2) is 27.4 Å². The Labute approximate surface area is 220 Å². The zero-order valence-corrected chi connectivity index (χ0v) is 21.4. The lowest BCUT2D eigenvalue weighted by atomic mass is 10.0. The average Bonchev–Trinajstić information content (AvgIpc) is 3.49. The largest absolute Gasteiger partial charge is 0.452 e. The predicted molar refractivity (Wildman–Crippen MR) is 146 cm³/mol. The molecule has 2 N–H and O–H groups in total.